The summed E-state index contributed by atoms with van der Waals surface area (Å²) in [6.45, 7) is 8.36. The van der Waals surface area contributed by atoms with E-state index in [1.54, 1.807) is 11.3 Å². The summed E-state index contributed by atoms with van der Waals surface area (Å²) in [6.07, 6.45) is 7.41. The quantitative estimate of drug-likeness (QED) is 0.119. The standard InChI is InChI=1S/C33H37N3O2S/c1-19-16-25(33(37)38-5)12-14-27(19)30(23-10-8-6-7-9-11-23)20(2)26-17-24-13-15-29(36-31(24)28(34)18-26)32-21(3)35-22(4)39-32/h12-18,23H,6-11,34H2,1-5H3/b30-20+. The first-order chi connectivity index (χ1) is 18.8. The summed E-state index contributed by atoms with van der Waals surface area (Å²) in [5, 5.41) is 2.07. The first-order valence-electron chi connectivity index (χ1n) is 13.8. The van der Waals surface area contributed by atoms with Crippen LogP contribution in [0.15, 0.2) is 42.5 Å². The zero-order valence-electron chi connectivity index (χ0n) is 23.6. The number of carbonyl (C=O) groups excluding carboxylic acids is 1. The molecule has 202 valence electrons. The fourth-order valence-electron chi connectivity index (χ4n) is 6.04. The molecule has 4 aromatic rings. The number of nitrogen functional groups attached to an aromatic ring is 1. The number of allylic oxidation sites excluding steroid dienone is 2. The van der Waals surface area contributed by atoms with Crippen LogP contribution < -0.4 is 5.73 Å². The highest BCUT2D eigenvalue weighted by atomic mass is 32.1. The second kappa shape index (κ2) is 11.3. The minimum Gasteiger partial charge on any atom is -0.465 e. The molecule has 0 amide bonds. The topological polar surface area (TPSA) is 78.1 Å². The second-order valence-corrected chi connectivity index (χ2v) is 11.9. The van der Waals surface area contributed by atoms with Crippen molar-refractivity contribution >= 4 is 45.0 Å². The highest BCUT2D eigenvalue weighted by molar-refractivity contribution is 7.15. The van der Waals surface area contributed by atoms with Crippen molar-refractivity contribution in [3.05, 3.63) is 75.4 Å². The number of methoxy groups -OCH3 is 1. The number of aryl methyl sites for hydroxylation is 3. The highest BCUT2D eigenvalue weighted by Gasteiger charge is 2.23. The largest absolute Gasteiger partial charge is 0.465 e. The van der Waals surface area contributed by atoms with Crippen molar-refractivity contribution in [3.63, 3.8) is 0 Å². The number of nitrogens with two attached hydrogens (primary N) is 1. The van der Waals surface area contributed by atoms with Crippen molar-refractivity contribution in [1.82, 2.24) is 9.97 Å². The maximum absolute atomic E-state index is 12.2. The van der Waals surface area contributed by atoms with E-state index in [0.29, 0.717) is 17.2 Å². The van der Waals surface area contributed by atoms with Crippen LogP contribution in [0.1, 0.15) is 83.2 Å². The molecule has 2 N–H and O–H groups in total. The predicted octanol–water partition coefficient (Wildman–Crippen LogP) is 8.55. The fourth-order valence-corrected chi connectivity index (χ4v) is 6.93. The Morgan fingerprint density at radius 2 is 1.69 bits per heavy atom. The third-order valence-electron chi connectivity index (χ3n) is 8.00. The van der Waals surface area contributed by atoms with E-state index >= 15 is 0 Å². The molecule has 6 heteroatoms. The zero-order valence-corrected chi connectivity index (χ0v) is 24.4. The van der Waals surface area contributed by atoms with E-state index in [2.05, 4.69) is 49.2 Å². The smallest absolute Gasteiger partial charge is 0.337 e. The van der Waals surface area contributed by atoms with Crippen LogP contribution in [-0.4, -0.2) is 23.0 Å². The lowest BCUT2D eigenvalue weighted by Gasteiger charge is -2.24. The maximum Gasteiger partial charge on any atom is 0.337 e. The average molecular weight is 540 g/mol. The van der Waals surface area contributed by atoms with Gasteiger partial charge in [0.15, 0.2) is 0 Å². The molecule has 0 atom stereocenters. The Hall–Kier alpha value is -3.51. The SMILES string of the molecule is COC(=O)c1ccc(/C(=C(\C)c2cc(N)c3nc(-c4sc(C)nc4C)ccc3c2)C2CCCCCC2)c(C)c1. The minimum absolute atomic E-state index is 0.306. The van der Waals surface area contributed by atoms with Crippen LogP contribution in [0.3, 0.4) is 0 Å². The monoisotopic (exact) mass is 539 g/mol. The number of pyridine rings is 1. The Kier molecular flexibility index (Phi) is 7.85. The number of anilines is 1. The van der Waals surface area contributed by atoms with Crippen LogP contribution in [0.5, 0.6) is 0 Å². The molecule has 0 saturated heterocycles. The van der Waals surface area contributed by atoms with E-state index in [0.717, 1.165) is 43.3 Å². The summed E-state index contributed by atoms with van der Waals surface area (Å²) in [7, 11) is 1.42. The number of aromatic nitrogens is 2. The molecule has 1 aliphatic rings. The van der Waals surface area contributed by atoms with E-state index in [-0.39, 0.29) is 5.97 Å². The summed E-state index contributed by atoms with van der Waals surface area (Å²) in [5.74, 6) is 0.157. The lowest BCUT2D eigenvalue weighted by atomic mass is 9.80. The van der Waals surface area contributed by atoms with Crippen molar-refractivity contribution in [1.29, 1.82) is 0 Å². The van der Waals surface area contributed by atoms with Gasteiger partial charge in [0.1, 0.15) is 0 Å². The third-order valence-corrected chi connectivity index (χ3v) is 9.09. The molecule has 1 aliphatic carbocycles. The molecule has 1 saturated carbocycles. The molecule has 0 unspecified atom stereocenters. The number of fused-ring (bicyclic) bond motifs is 1. The lowest BCUT2D eigenvalue weighted by Crippen LogP contribution is -2.08. The van der Waals surface area contributed by atoms with Gasteiger partial charge >= 0.3 is 5.97 Å². The molecule has 5 nitrogen and oxygen atoms in total. The van der Waals surface area contributed by atoms with Crippen LogP contribution in [0, 0.1) is 26.7 Å². The summed E-state index contributed by atoms with van der Waals surface area (Å²) in [5.41, 5.74) is 16.7. The number of rotatable bonds is 5. The summed E-state index contributed by atoms with van der Waals surface area (Å²) >= 11 is 1.66. The van der Waals surface area contributed by atoms with Crippen LogP contribution in [0.25, 0.3) is 32.6 Å². The number of thiazole rings is 1. The number of hydrogen-bond acceptors (Lipinski definition) is 6. The molecule has 39 heavy (non-hydrogen) atoms. The number of carbonyl (C=O) groups is 1. The molecule has 0 aliphatic heterocycles. The van der Waals surface area contributed by atoms with Gasteiger partial charge in [-0.1, -0.05) is 37.8 Å². The lowest BCUT2D eigenvalue weighted by molar-refractivity contribution is 0.0600. The van der Waals surface area contributed by atoms with Gasteiger partial charge in [0.25, 0.3) is 0 Å². The minimum atomic E-state index is -0.306. The van der Waals surface area contributed by atoms with E-state index < -0.39 is 0 Å². The molecule has 5 rings (SSSR count). The molecule has 0 radical (unpaired) electrons. The first-order valence-corrected chi connectivity index (χ1v) is 14.6. The first kappa shape index (κ1) is 27.1. The summed E-state index contributed by atoms with van der Waals surface area (Å²) in [4.78, 5) is 22.8. The van der Waals surface area contributed by atoms with Gasteiger partial charge < -0.3 is 10.5 Å². The number of benzene rings is 2. The van der Waals surface area contributed by atoms with Gasteiger partial charge in [0, 0.05) is 5.39 Å². The number of ether oxygens (including phenoxy) is 1. The van der Waals surface area contributed by atoms with E-state index in [1.807, 2.05) is 26.0 Å². The molecular weight excluding hydrogens is 502 g/mol. The van der Waals surface area contributed by atoms with Gasteiger partial charge in [-0.25, -0.2) is 14.8 Å². The molecule has 1 fully saturated rings. The van der Waals surface area contributed by atoms with E-state index in [9.17, 15) is 4.79 Å². The van der Waals surface area contributed by atoms with Crippen molar-refractivity contribution in [2.45, 2.75) is 66.2 Å². The zero-order chi connectivity index (χ0) is 27.7. The molecule has 2 aromatic carbocycles. The van der Waals surface area contributed by atoms with Gasteiger partial charge in [-0.05, 0) is 105 Å². The third kappa shape index (κ3) is 5.48. The van der Waals surface area contributed by atoms with Gasteiger partial charge in [0.2, 0.25) is 0 Å². The van der Waals surface area contributed by atoms with Gasteiger partial charge in [-0.2, -0.15) is 0 Å². The van der Waals surface area contributed by atoms with Crippen molar-refractivity contribution in [2.75, 3.05) is 12.8 Å². The Morgan fingerprint density at radius 1 is 0.949 bits per heavy atom. The molecular formula is C33H37N3O2S. The Labute approximate surface area is 235 Å². The molecule has 0 bridgehead atoms. The number of hydrogen-bond donors (Lipinski definition) is 1. The van der Waals surface area contributed by atoms with Crippen molar-refractivity contribution in [3.8, 4) is 10.6 Å². The number of esters is 1. The van der Waals surface area contributed by atoms with E-state index in [1.165, 1.54) is 62.3 Å². The molecule has 2 heterocycles. The maximum atomic E-state index is 12.2. The Bertz CT molecular complexity index is 1580. The Morgan fingerprint density at radius 3 is 2.33 bits per heavy atom. The summed E-state index contributed by atoms with van der Waals surface area (Å²) in [6, 6.07) is 14.4. The molecule has 2 aromatic heterocycles. The second-order valence-electron chi connectivity index (χ2n) is 10.7. The van der Waals surface area contributed by atoms with Crippen LogP contribution >= 0.6 is 11.3 Å². The van der Waals surface area contributed by atoms with Gasteiger partial charge in [0.05, 0.1) is 45.1 Å². The average Bonchev–Trinajstić information content (AvgIpc) is 3.09. The predicted molar refractivity (Wildman–Crippen MR) is 163 cm³/mol. The van der Waals surface area contributed by atoms with Crippen molar-refractivity contribution < 1.29 is 9.53 Å². The van der Waals surface area contributed by atoms with Gasteiger partial charge in [-0.15, -0.1) is 11.3 Å². The molecule has 0 spiro atoms. The fraction of sp³-hybridized carbons (Fsp3) is 0.364. The normalized spacial score (nSPS) is 15.2. The van der Waals surface area contributed by atoms with Gasteiger partial charge in [-0.3, -0.25) is 0 Å². The van der Waals surface area contributed by atoms with Crippen molar-refractivity contribution in [2.24, 2.45) is 5.92 Å². The summed E-state index contributed by atoms with van der Waals surface area (Å²) < 4.78 is 4.97. The van der Waals surface area contributed by atoms with E-state index in [4.69, 9.17) is 15.5 Å². The van der Waals surface area contributed by atoms with Crippen LogP contribution in [0.4, 0.5) is 5.69 Å². The number of nitrogens with zero attached hydrogens (tertiary/aromatic N) is 2. The Balaban J connectivity index is 1.64. The highest BCUT2D eigenvalue weighted by Crippen LogP contribution is 2.42. The van der Waals surface area contributed by atoms with Crippen LogP contribution in [-0.2, 0) is 4.74 Å². The van der Waals surface area contributed by atoms with Crippen LogP contribution in [0.2, 0.25) is 0 Å².